The average molecular weight is 606 g/mol. The highest BCUT2D eigenvalue weighted by Gasteiger charge is 2.32. The third kappa shape index (κ3) is 7.10. The number of nitrogen functional groups attached to an aromatic ring is 1. The number of allylic oxidation sites excluding steroid dienone is 1. The number of hydrogen-bond donors (Lipinski definition) is 5. The molecule has 0 saturated carbocycles. The second kappa shape index (κ2) is 13.5. The van der Waals surface area contributed by atoms with Gasteiger partial charge in [-0.3, -0.25) is 14.7 Å². The zero-order valence-electron chi connectivity index (χ0n) is 24.3. The van der Waals surface area contributed by atoms with E-state index in [1.54, 1.807) is 37.3 Å². The predicted octanol–water partition coefficient (Wildman–Crippen LogP) is 3.85. The Morgan fingerprint density at radius 1 is 1.16 bits per heavy atom. The minimum Gasteiger partial charge on any atom is -0.507 e. The van der Waals surface area contributed by atoms with Gasteiger partial charge >= 0.3 is 5.97 Å². The Balaban J connectivity index is 1.54. The van der Waals surface area contributed by atoms with Crippen LogP contribution in [0.2, 0.25) is 0 Å². The second-order valence-corrected chi connectivity index (χ2v) is 10.9. The first-order valence-electron chi connectivity index (χ1n) is 14.5. The number of carbonyl (C=O) groups excluding carboxylic acids is 3. The number of Topliss-reactive ketones (excluding diaryl/α,β-unsaturated/α-hetero) is 1. The van der Waals surface area contributed by atoms with Crippen molar-refractivity contribution < 1.29 is 38.8 Å². The van der Waals surface area contributed by atoms with E-state index < -0.39 is 29.6 Å². The van der Waals surface area contributed by atoms with Crippen LogP contribution in [0, 0.1) is 0 Å². The van der Waals surface area contributed by atoms with Crippen molar-refractivity contribution in [2.75, 3.05) is 12.5 Å². The van der Waals surface area contributed by atoms with E-state index in [1.165, 1.54) is 6.07 Å². The molecule has 3 heterocycles. The topological polar surface area (TPSA) is 199 Å². The summed E-state index contributed by atoms with van der Waals surface area (Å²) in [6.45, 7) is 1.77. The normalized spacial score (nSPS) is 17.8. The number of aromatic nitrogens is 3. The first kappa shape index (κ1) is 30.4. The van der Waals surface area contributed by atoms with Gasteiger partial charge in [0.05, 0.1) is 12.6 Å². The summed E-state index contributed by atoms with van der Waals surface area (Å²) in [6, 6.07) is 6.43. The number of aromatic amines is 1. The summed E-state index contributed by atoms with van der Waals surface area (Å²) < 4.78 is 16.7. The van der Waals surface area contributed by atoms with Crippen molar-refractivity contribution in [2.45, 2.75) is 70.4 Å². The fraction of sp³-hybridized carbons (Fsp3) is 0.387. The molecular weight excluding hydrogens is 570 g/mol. The van der Waals surface area contributed by atoms with Crippen molar-refractivity contribution in [3.05, 3.63) is 58.4 Å². The molecule has 2 aliphatic rings. The van der Waals surface area contributed by atoms with Crippen LogP contribution in [0.4, 0.5) is 5.95 Å². The van der Waals surface area contributed by atoms with Crippen molar-refractivity contribution in [3.8, 4) is 23.0 Å². The number of amides is 1. The lowest BCUT2D eigenvalue weighted by molar-refractivity contribution is -0.121. The number of fused-ring (bicyclic) bond motifs is 2. The molecule has 13 nitrogen and oxygen atoms in total. The number of H-pyrrole nitrogens is 1. The lowest BCUT2D eigenvalue weighted by Crippen LogP contribution is -2.26. The number of ketones is 1. The maximum atomic E-state index is 13.5. The number of nitrogens with two attached hydrogens (primary N) is 1. The Morgan fingerprint density at radius 3 is 2.75 bits per heavy atom. The number of phenols is 2. The van der Waals surface area contributed by atoms with Crippen LogP contribution in [-0.2, 0) is 20.9 Å². The SMILES string of the molecule is C[C@H]1CCCC(=O)CCCC=Cc2cc(O)c(C(CC(=O)NCc3nc(N)n[nH]3)c3ccc4c(c3)OCO4)c(O)c2C(=O)O1. The summed E-state index contributed by atoms with van der Waals surface area (Å²) in [4.78, 5) is 42.9. The van der Waals surface area contributed by atoms with Gasteiger partial charge in [0, 0.05) is 30.7 Å². The molecule has 0 radical (unpaired) electrons. The monoisotopic (exact) mass is 605 g/mol. The molecule has 1 aromatic heterocycles. The minimum atomic E-state index is -0.914. The minimum absolute atomic E-state index is 0.0135. The van der Waals surface area contributed by atoms with Crippen molar-refractivity contribution in [1.29, 1.82) is 0 Å². The number of anilines is 1. The fourth-order valence-corrected chi connectivity index (χ4v) is 5.36. The third-order valence-corrected chi connectivity index (χ3v) is 7.59. The number of benzene rings is 2. The molecule has 1 amide bonds. The van der Waals surface area contributed by atoms with Crippen LogP contribution < -0.4 is 20.5 Å². The van der Waals surface area contributed by atoms with Gasteiger partial charge in [-0.05, 0) is 61.9 Å². The summed E-state index contributed by atoms with van der Waals surface area (Å²) in [7, 11) is 0. The van der Waals surface area contributed by atoms with Crippen LogP contribution in [0.25, 0.3) is 6.08 Å². The number of cyclic esters (lactones) is 1. The van der Waals surface area contributed by atoms with Gasteiger partial charge in [-0.15, -0.1) is 5.10 Å². The highest BCUT2D eigenvalue weighted by molar-refractivity contribution is 5.98. The molecule has 13 heteroatoms. The van der Waals surface area contributed by atoms with E-state index in [9.17, 15) is 24.6 Å². The maximum absolute atomic E-state index is 13.5. The second-order valence-electron chi connectivity index (χ2n) is 10.9. The zero-order chi connectivity index (χ0) is 31.2. The van der Waals surface area contributed by atoms with Crippen LogP contribution in [0.15, 0.2) is 30.3 Å². The van der Waals surface area contributed by atoms with Gasteiger partial charge in [0.25, 0.3) is 0 Å². The third-order valence-electron chi connectivity index (χ3n) is 7.59. The molecular formula is C31H35N5O8. The lowest BCUT2D eigenvalue weighted by atomic mass is 9.84. The van der Waals surface area contributed by atoms with Crippen LogP contribution in [0.5, 0.6) is 23.0 Å². The molecule has 2 atom stereocenters. The molecule has 0 bridgehead atoms. The highest BCUT2D eigenvalue weighted by atomic mass is 16.7. The van der Waals surface area contributed by atoms with Gasteiger partial charge < -0.3 is 35.5 Å². The average Bonchev–Trinajstić information content (AvgIpc) is 3.62. The lowest BCUT2D eigenvalue weighted by Gasteiger charge is -2.23. The van der Waals surface area contributed by atoms with E-state index in [0.717, 1.165) is 0 Å². The van der Waals surface area contributed by atoms with Crippen LogP contribution in [0.1, 0.15) is 90.7 Å². The number of nitrogens with zero attached hydrogens (tertiary/aromatic N) is 2. The van der Waals surface area contributed by atoms with E-state index in [2.05, 4.69) is 20.5 Å². The molecule has 44 heavy (non-hydrogen) atoms. The van der Waals surface area contributed by atoms with Gasteiger partial charge in [0.15, 0.2) is 11.5 Å². The molecule has 6 N–H and O–H groups in total. The summed E-state index contributed by atoms with van der Waals surface area (Å²) in [5.74, 6) is -1.44. The molecule has 1 unspecified atom stereocenters. The summed E-state index contributed by atoms with van der Waals surface area (Å²) in [6.07, 6.45) is 5.78. The van der Waals surface area contributed by atoms with E-state index in [0.29, 0.717) is 61.4 Å². The van der Waals surface area contributed by atoms with E-state index in [1.807, 2.05) is 0 Å². The summed E-state index contributed by atoms with van der Waals surface area (Å²) in [5, 5.41) is 32.1. The number of aromatic hydroxyl groups is 2. The van der Waals surface area contributed by atoms with Crippen molar-refractivity contribution in [1.82, 2.24) is 20.5 Å². The Bertz CT molecular complexity index is 1580. The van der Waals surface area contributed by atoms with Crippen molar-refractivity contribution >= 4 is 29.7 Å². The Morgan fingerprint density at radius 2 is 1.95 bits per heavy atom. The number of carbonyl (C=O) groups is 3. The van der Waals surface area contributed by atoms with E-state index in [4.69, 9.17) is 19.9 Å². The summed E-state index contributed by atoms with van der Waals surface area (Å²) in [5.41, 5.74) is 6.18. The first-order chi connectivity index (χ1) is 21.2. The first-order valence-corrected chi connectivity index (χ1v) is 14.5. The molecule has 0 aliphatic carbocycles. The Labute approximate surface area is 253 Å². The molecule has 2 aliphatic heterocycles. The van der Waals surface area contributed by atoms with Crippen molar-refractivity contribution in [3.63, 3.8) is 0 Å². The van der Waals surface area contributed by atoms with Gasteiger partial charge in [-0.1, -0.05) is 18.2 Å². The maximum Gasteiger partial charge on any atom is 0.342 e. The number of ether oxygens (including phenoxy) is 3. The van der Waals surface area contributed by atoms with E-state index in [-0.39, 0.29) is 53.9 Å². The van der Waals surface area contributed by atoms with E-state index >= 15 is 0 Å². The van der Waals surface area contributed by atoms with Crippen molar-refractivity contribution in [2.24, 2.45) is 0 Å². The zero-order valence-corrected chi connectivity index (χ0v) is 24.3. The Hall–Kier alpha value is -5.07. The van der Waals surface area contributed by atoms with Crippen LogP contribution in [-0.4, -0.2) is 56.0 Å². The van der Waals surface area contributed by atoms with Crippen LogP contribution >= 0.6 is 0 Å². The Kier molecular flexibility index (Phi) is 9.32. The van der Waals surface area contributed by atoms with Crippen LogP contribution in [0.3, 0.4) is 0 Å². The molecule has 3 aromatic rings. The van der Waals surface area contributed by atoms with Gasteiger partial charge in [-0.25, -0.2) is 4.79 Å². The fourth-order valence-electron chi connectivity index (χ4n) is 5.36. The molecule has 2 aromatic carbocycles. The molecule has 0 saturated heterocycles. The molecule has 0 spiro atoms. The smallest absolute Gasteiger partial charge is 0.342 e. The highest BCUT2D eigenvalue weighted by Crippen LogP contribution is 2.46. The molecule has 0 fully saturated rings. The number of hydrogen-bond acceptors (Lipinski definition) is 11. The number of esters is 1. The number of phenolic OH excluding ortho intramolecular Hbond substituents is 2. The number of rotatable bonds is 6. The molecule has 5 rings (SSSR count). The molecule has 232 valence electrons. The largest absolute Gasteiger partial charge is 0.507 e. The standard InChI is InChI=1S/C31H35N5O8/c1-17-6-5-9-20(37)8-4-2-3-7-19-12-22(38)28(29(40)27(19)30(41)44-17)21(18-10-11-23-24(13-18)43-16-42-23)14-26(39)33-15-25-34-31(32)36-35-25/h3,7,10-13,17,21,38,40H,2,4-6,8-9,14-16H2,1H3,(H,33,39)(H3,32,34,35,36)/t17-,21?/m0/s1. The van der Waals surface area contributed by atoms with Gasteiger partial charge in [0.2, 0.25) is 18.6 Å². The van der Waals surface area contributed by atoms with Gasteiger partial charge in [-0.2, -0.15) is 4.98 Å². The van der Waals surface area contributed by atoms with Gasteiger partial charge in [0.1, 0.15) is 28.7 Å². The summed E-state index contributed by atoms with van der Waals surface area (Å²) >= 11 is 0. The number of nitrogens with one attached hydrogen (secondary N) is 2. The quantitative estimate of drug-likeness (QED) is 0.256. The predicted molar refractivity (Wildman–Crippen MR) is 158 cm³/mol.